The van der Waals surface area contributed by atoms with Gasteiger partial charge in [-0.3, -0.25) is 0 Å². The number of halogens is 1. The van der Waals surface area contributed by atoms with Gasteiger partial charge in [-0.05, 0) is 19.8 Å². The lowest BCUT2D eigenvalue weighted by Gasteiger charge is -2.12. The molecule has 0 heterocycles. The first kappa shape index (κ1) is 15.2. The van der Waals surface area contributed by atoms with Gasteiger partial charge in [0.2, 0.25) is 0 Å². The molecule has 0 aliphatic rings. The molecule has 0 aromatic rings. The first-order valence-corrected chi connectivity index (χ1v) is 4.47. The second-order valence-corrected chi connectivity index (χ2v) is 3.81. The quantitative estimate of drug-likeness (QED) is 0.525. The molecule has 0 unspecified atom stereocenters. The van der Waals surface area contributed by atoms with Gasteiger partial charge in [0.15, 0.2) is 6.04 Å². The Bertz CT molecular complexity index is 149. The second-order valence-electron chi connectivity index (χ2n) is 3.81. The molecule has 0 amide bonds. The third-order valence-electron chi connectivity index (χ3n) is 1.44. The third kappa shape index (κ3) is 8.06. The van der Waals surface area contributed by atoms with Gasteiger partial charge in [-0.25, -0.2) is 4.79 Å². The van der Waals surface area contributed by atoms with E-state index in [2.05, 4.69) is 19.6 Å². The summed E-state index contributed by atoms with van der Waals surface area (Å²) in [6.45, 7) is 7.83. The Hall–Kier alpha value is -0.280. The zero-order chi connectivity index (χ0) is 9.72. The fourth-order valence-corrected chi connectivity index (χ4v) is 0.994. The first-order chi connectivity index (χ1) is 5.43. The maximum absolute atomic E-state index is 11.2. The summed E-state index contributed by atoms with van der Waals surface area (Å²) in [7, 11) is 0. The van der Waals surface area contributed by atoms with E-state index in [0.717, 1.165) is 6.42 Å². The highest BCUT2D eigenvalue weighted by Gasteiger charge is 2.20. The summed E-state index contributed by atoms with van der Waals surface area (Å²) in [6.07, 6.45) is 0.764. The van der Waals surface area contributed by atoms with Crippen molar-refractivity contribution in [3.05, 3.63) is 0 Å². The highest BCUT2D eigenvalue weighted by molar-refractivity contribution is 5.74. The minimum Gasteiger partial charge on any atom is -1.00 e. The van der Waals surface area contributed by atoms with Gasteiger partial charge in [0.1, 0.15) is 0 Å². The number of hydrogen-bond donors (Lipinski definition) is 1. The van der Waals surface area contributed by atoms with Crippen molar-refractivity contribution >= 4 is 5.97 Å². The Morgan fingerprint density at radius 1 is 1.31 bits per heavy atom. The van der Waals surface area contributed by atoms with E-state index in [1.54, 1.807) is 0 Å². The SMILES string of the molecule is CC(C)C[C@H]([NH3+])C(=O)OC(C)C.[Cl-]. The summed E-state index contributed by atoms with van der Waals surface area (Å²) in [6, 6.07) is -0.215. The number of hydrogen-bond acceptors (Lipinski definition) is 2. The summed E-state index contributed by atoms with van der Waals surface area (Å²) >= 11 is 0. The van der Waals surface area contributed by atoms with Crippen LogP contribution in [0.4, 0.5) is 0 Å². The van der Waals surface area contributed by atoms with Crippen molar-refractivity contribution in [2.75, 3.05) is 0 Å². The van der Waals surface area contributed by atoms with Crippen molar-refractivity contribution in [2.24, 2.45) is 5.92 Å². The summed E-state index contributed by atoms with van der Waals surface area (Å²) in [5, 5.41) is 0. The van der Waals surface area contributed by atoms with Crippen molar-refractivity contribution in [3.8, 4) is 0 Å². The molecule has 0 spiro atoms. The monoisotopic (exact) mass is 209 g/mol. The van der Waals surface area contributed by atoms with Crippen molar-refractivity contribution in [3.63, 3.8) is 0 Å². The van der Waals surface area contributed by atoms with Crippen LogP contribution in [0.25, 0.3) is 0 Å². The molecule has 4 heteroatoms. The average molecular weight is 210 g/mol. The normalized spacial score (nSPS) is 12.5. The van der Waals surface area contributed by atoms with Crippen LogP contribution in [0.3, 0.4) is 0 Å². The molecule has 0 fully saturated rings. The molecule has 0 aliphatic carbocycles. The minimum atomic E-state index is -0.215. The van der Waals surface area contributed by atoms with Gasteiger partial charge in [-0.1, -0.05) is 13.8 Å². The fraction of sp³-hybridized carbons (Fsp3) is 0.889. The molecule has 13 heavy (non-hydrogen) atoms. The molecular weight excluding hydrogens is 190 g/mol. The van der Waals surface area contributed by atoms with Gasteiger partial charge in [0.25, 0.3) is 0 Å². The molecular formula is C9H20ClNO2. The van der Waals surface area contributed by atoms with Crippen LogP contribution in [-0.2, 0) is 9.53 Å². The van der Waals surface area contributed by atoms with E-state index >= 15 is 0 Å². The van der Waals surface area contributed by atoms with Gasteiger partial charge >= 0.3 is 5.97 Å². The van der Waals surface area contributed by atoms with Gasteiger partial charge in [-0.2, -0.15) is 0 Å². The van der Waals surface area contributed by atoms with Gasteiger partial charge in [0, 0.05) is 6.42 Å². The van der Waals surface area contributed by atoms with Crippen LogP contribution in [0.2, 0.25) is 0 Å². The van der Waals surface area contributed by atoms with E-state index in [1.807, 2.05) is 13.8 Å². The van der Waals surface area contributed by atoms with Crippen LogP contribution in [0.5, 0.6) is 0 Å². The van der Waals surface area contributed by atoms with Crippen LogP contribution >= 0.6 is 0 Å². The summed E-state index contributed by atoms with van der Waals surface area (Å²) < 4.78 is 5.01. The Labute approximate surface area is 86.4 Å². The highest BCUT2D eigenvalue weighted by Crippen LogP contribution is 2.03. The molecule has 0 radical (unpaired) electrons. The molecule has 80 valence electrons. The predicted molar refractivity (Wildman–Crippen MR) is 47.4 cm³/mol. The maximum atomic E-state index is 11.2. The maximum Gasteiger partial charge on any atom is 0.365 e. The Morgan fingerprint density at radius 3 is 2.08 bits per heavy atom. The van der Waals surface area contributed by atoms with E-state index in [0.29, 0.717) is 5.92 Å². The molecule has 3 N–H and O–H groups in total. The van der Waals surface area contributed by atoms with Crippen molar-refractivity contribution in [1.29, 1.82) is 0 Å². The number of esters is 1. The van der Waals surface area contributed by atoms with E-state index in [9.17, 15) is 4.79 Å². The minimum absolute atomic E-state index is 0. The Morgan fingerprint density at radius 2 is 1.77 bits per heavy atom. The standard InChI is InChI=1S/C9H19NO2.ClH/c1-6(2)5-8(10)9(11)12-7(3)4;/h6-8H,5,10H2,1-4H3;1H/t8-;/m0./s1. The van der Waals surface area contributed by atoms with Crippen molar-refractivity contribution in [1.82, 2.24) is 0 Å². The first-order valence-electron chi connectivity index (χ1n) is 4.47. The fourth-order valence-electron chi connectivity index (χ4n) is 0.994. The summed E-state index contributed by atoms with van der Waals surface area (Å²) in [4.78, 5) is 11.2. The number of ether oxygens (including phenoxy) is 1. The number of quaternary nitrogens is 1. The van der Waals surface area contributed by atoms with Crippen LogP contribution in [0, 0.1) is 5.92 Å². The third-order valence-corrected chi connectivity index (χ3v) is 1.44. The lowest BCUT2D eigenvalue weighted by Crippen LogP contribution is -3.00. The van der Waals surface area contributed by atoms with Crippen molar-refractivity contribution in [2.45, 2.75) is 46.3 Å². The van der Waals surface area contributed by atoms with E-state index in [4.69, 9.17) is 4.74 Å². The average Bonchev–Trinajstić information content (AvgIpc) is 1.84. The molecule has 0 rings (SSSR count). The largest absolute Gasteiger partial charge is 1.00 e. The lowest BCUT2D eigenvalue weighted by atomic mass is 10.1. The van der Waals surface area contributed by atoms with E-state index < -0.39 is 0 Å². The molecule has 0 saturated heterocycles. The summed E-state index contributed by atoms with van der Waals surface area (Å²) in [5.41, 5.74) is 3.76. The number of carbonyl (C=O) groups is 1. The zero-order valence-electron chi connectivity index (χ0n) is 8.84. The van der Waals surface area contributed by atoms with Crippen LogP contribution < -0.4 is 18.1 Å². The van der Waals surface area contributed by atoms with E-state index in [1.165, 1.54) is 0 Å². The number of carbonyl (C=O) groups excluding carboxylic acids is 1. The second kappa shape index (κ2) is 7.15. The number of rotatable bonds is 4. The molecule has 0 aromatic heterocycles. The van der Waals surface area contributed by atoms with Gasteiger partial charge in [0.05, 0.1) is 6.10 Å². The van der Waals surface area contributed by atoms with Gasteiger partial charge < -0.3 is 22.9 Å². The molecule has 0 bridgehead atoms. The predicted octanol–water partition coefficient (Wildman–Crippen LogP) is -2.40. The smallest absolute Gasteiger partial charge is 0.365 e. The molecule has 3 nitrogen and oxygen atoms in total. The van der Waals surface area contributed by atoms with Crippen LogP contribution in [0.15, 0.2) is 0 Å². The molecule has 0 aromatic carbocycles. The Balaban J connectivity index is 0. The highest BCUT2D eigenvalue weighted by atomic mass is 35.5. The van der Waals surface area contributed by atoms with Gasteiger partial charge in [-0.15, -0.1) is 0 Å². The topological polar surface area (TPSA) is 53.9 Å². The molecule has 0 aliphatic heterocycles. The van der Waals surface area contributed by atoms with Crippen LogP contribution in [-0.4, -0.2) is 18.1 Å². The van der Waals surface area contributed by atoms with E-state index in [-0.39, 0.29) is 30.5 Å². The molecule has 0 saturated carbocycles. The van der Waals surface area contributed by atoms with Crippen LogP contribution in [0.1, 0.15) is 34.1 Å². The summed E-state index contributed by atoms with van der Waals surface area (Å²) in [5.74, 6) is 0.311. The van der Waals surface area contributed by atoms with Crippen molar-refractivity contribution < 1.29 is 27.7 Å². The lowest BCUT2D eigenvalue weighted by molar-refractivity contribution is -0.411. The zero-order valence-corrected chi connectivity index (χ0v) is 9.60. The Kier molecular flexibility index (Phi) is 8.37. The molecule has 1 atom stereocenters.